The van der Waals surface area contributed by atoms with E-state index in [0.717, 1.165) is 17.6 Å². The Morgan fingerprint density at radius 3 is 2.18 bits per heavy atom. The molecule has 2 aromatic carbocycles. The lowest BCUT2D eigenvalue weighted by atomic mass is 9.78. The third-order valence-electron chi connectivity index (χ3n) is 4.72. The van der Waals surface area contributed by atoms with Crippen LogP contribution in [0.3, 0.4) is 0 Å². The third-order valence-corrected chi connectivity index (χ3v) is 4.72. The van der Waals surface area contributed by atoms with Gasteiger partial charge >= 0.3 is 0 Å². The van der Waals surface area contributed by atoms with E-state index in [0.29, 0.717) is 0 Å². The molecule has 1 fully saturated rings. The highest BCUT2D eigenvalue weighted by Gasteiger charge is 2.20. The molecule has 0 N–H and O–H groups in total. The van der Waals surface area contributed by atoms with Crippen molar-refractivity contribution in [1.82, 2.24) is 0 Å². The van der Waals surface area contributed by atoms with Crippen LogP contribution in [0.5, 0.6) is 5.75 Å². The standard InChI is InChI=1S/C21H24O/c1-22-21-15-11-18(12-16-21)8-7-17-9-13-20(14-10-17)19-5-3-2-4-6-19/h2-8,11-12,15-17,20H,9-10,13-14H2,1H3/b8-7+. The van der Waals surface area contributed by atoms with Gasteiger partial charge in [0.15, 0.2) is 0 Å². The summed E-state index contributed by atoms with van der Waals surface area (Å²) in [4.78, 5) is 0. The Labute approximate surface area is 133 Å². The van der Waals surface area contributed by atoms with E-state index in [-0.39, 0.29) is 0 Å². The fraction of sp³-hybridized carbons (Fsp3) is 0.333. The second-order valence-electron chi connectivity index (χ2n) is 6.15. The van der Waals surface area contributed by atoms with Crippen molar-refractivity contribution < 1.29 is 4.74 Å². The number of hydrogen-bond donors (Lipinski definition) is 0. The molecule has 1 saturated carbocycles. The van der Waals surface area contributed by atoms with Crippen molar-refractivity contribution in [3.8, 4) is 5.75 Å². The van der Waals surface area contributed by atoms with Crippen LogP contribution < -0.4 is 4.74 Å². The normalized spacial score (nSPS) is 21.9. The maximum absolute atomic E-state index is 5.19. The van der Waals surface area contributed by atoms with Gasteiger partial charge in [-0.15, -0.1) is 0 Å². The summed E-state index contributed by atoms with van der Waals surface area (Å²) in [6.45, 7) is 0. The predicted molar refractivity (Wildman–Crippen MR) is 93.2 cm³/mol. The maximum atomic E-state index is 5.19. The van der Waals surface area contributed by atoms with Crippen LogP contribution in [0.15, 0.2) is 60.7 Å². The second kappa shape index (κ2) is 7.31. The van der Waals surface area contributed by atoms with Crippen LogP contribution in [-0.4, -0.2) is 7.11 Å². The van der Waals surface area contributed by atoms with Crippen molar-refractivity contribution in [3.63, 3.8) is 0 Å². The lowest BCUT2D eigenvalue weighted by Crippen LogP contribution is -2.11. The van der Waals surface area contributed by atoms with Crippen LogP contribution in [0.4, 0.5) is 0 Å². The molecule has 0 heterocycles. The van der Waals surface area contributed by atoms with Gasteiger partial charge in [-0.2, -0.15) is 0 Å². The molecule has 3 rings (SSSR count). The van der Waals surface area contributed by atoms with Gasteiger partial charge in [0.05, 0.1) is 7.11 Å². The van der Waals surface area contributed by atoms with E-state index in [1.165, 1.54) is 36.8 Å². The molecule has 0 unspecified atom stereocenters. The zero-order chi connectivity index (χ0) is 15.2. The van der Waals surface area contributed by atoms with E-state index in [1.54, 1.807) is 7.11 Å². The molecule has 1 aliphatic carbocycles. The molecule has 1 nitrogen and oxygen atoms in total. The molecule has 0 bridgehead atoms. The molecule has 0 spiro atoms. The fourth-order valence-corrected chi connectivity index (χ4v) is 3.33. The maximum Gasteiger partial charge on any atom is 0.118 e. The third kappa shape index (κ3) is 3.79. The van der Waals surface area contributed by atoms with Gasteiger partial charge in [0, 0.05) is 0 Å². The Morgan fingerprint density at radius 1 is 0.864 bits per heavy atom. The summed E-state index contributed by atoms with van der Waals surface area (Å²) in [6, 6.07) is 19.2. The van der Waals surface area contributed by atoms with Gasteiger partial charge in [-0.05, 0) is 60.8 Å². The highest BCUT2D eigenvalue weighted by molar-refractivity contribution is 5.50. The van der Waals surface area contributed by atoms with Crippen LogP contribution in [0, 0.1) is 5.92 Å². The molecule has 0 aromatic heterocycles. The summed E-state index contributed by atoms with van der Waals surface area (Å²) in [6.07, 6.45) is 9.86. The lowest BCUT2D eigenvalue weighted by molar-refractivity contribution is 0.377. The van der Waals surface area contributed by atoms with E-state index < -0.39 is 0 Å². The van der Waals surface area contributed by atoms with Crippen LogP contribution in [0.1, 0.15) is 42.7 Å². The quantitative estimate of drug-likeness (QED) is 0.704. The van der Waals surface area contributed by atoms with Crippen molar-refractivity contribution in [2.45, 2.75) is 31.6 Å². The summed E-state index contributed by atoms with van der Waals surface area (Å²) < 4.78 is 5.19. The highest BCUT2D eigenvalue weighted by atomic mass is 16.5. The minimum atomic E-state index is 0.724. The van der Waals surface area contributed by atoms with E-state index in [2.05, 4.69) is 54.6 Å². The van der Waals surface area contributed by atoms with Gasteiger partial charge in [0.25, 0.3) is 0 Å². The topological polar surface area (TPSA) is 9.23 Å². The monoisotopic (exact) mass is 292 g/mol. The molecule has 114 valence electrons. The molecule has 1 heteroatoms. The van der Waals surface area contributed by atoms with Crippen LogP contribution in [-0.2, 0) is 0 Å². The van der Waals surface area contributed by atoms with Gasteiger partial charge in [0.2, 0.25) is 0 Å². The number of benzene rings is 2. The van der Waals surface area contributed by atoms with Crippen molar-refractivity contribution in [2.24, 2.45) is 5.92 Å². The summed E-state index contributed by atoms with van der Waals surface area (Å²) in [5.74, 6) is 2.40. The molecule has 2 aromatic rings. The van der Waals surface area contributed by atoms with E-state index in [9.17, 15) is 0 Å². The minimum Gasteiger partial charge on any atom is -0.497 e. The molecule has 22 heavy (non-hydrogen) atoms. The van der Waals surface area contributed by atoms with Gasteiger partial charge in [-0.3, -0.25) is 0 Å². The SMILES string of the molecule is COc1ccc(/C=C/C2CCC(c3ccccc3)CC2)cc1. The van der Waals surface area contributed by atoms with Gasteiger partial charge < -0.3 is 4.74 Å². The van der Waals surface area contributed by atoms with Crippen molar-refractivity contribution in [1.29, 1.82) is 0 Å². The van der Waals surface area contributed by atoms with Gasteiger partial charge in [-0.25, -0.2) is 0 Å². The Balaban J connectivity index is 1.54. The summed E-state index contributed by atoms with van der Waals surface area (Å²) in [5, 5.41) is 0. The van der Waals surface area contributed by atoms with Crippen molar-refractivity contribution in [2.75, 3.05) is 7.11 Å². The predicted octanol–water partition coefficient (Wildman–Crippen LogP) is 5.68. The number of rotatable bonds is 4. The molecule has 0 radical (unpaired) electrons. The summed E-state index contributed by atoms with van der Waals surface area (Å²) in [7, 11) is 1.70. The Morgan fingerprint density at radius 2 is 1.55 bits per heavy atom. The van der Waals surface area contributed by atoms with Gasteiger partial charge in [0.1, 0.15) is 5.75 Å². The average molecular weight is 292 g/mol. The van der Waals surface area contributed by atoms with Gasteiger partial charge in [-0.1, -0.05) is 54.6 Å². The Kier molecular flexibility index (Phi) is 4.95. The molecule has 0 aliphatic heterocycles. The Hall–Kier alpha value is -2.02. The van der Waals surface area contributed by atoms with Crippen LogP contribution in [0.2, 0.25) is 0 Å². The number of allylic oxidation sites excluding steroid dienone is 1. The van der Waals surface area contributed by atoms with E-state index >= 15 is 0 Å². The number of ether oxygens (including phenoxy) is 1. The molecule has 1 aliphatic rings. The second-order valence-corrected chi connectivity index (χ2v) is 6.15. The largest absolute Gasteiger partial charge is 0.497 e. The average Bonchev–Trinajstić information content (AvgIpc) is 2.61. The molecule has 0 atom stereocenters. The molecular weight excluding hydrogens is 268 g/mol. The van der Waals surface area contributed by atoms with Crippen molar-refractivity contribution in [3.05, 3.63) is 71.8 Å². The first-order valence-electron chi connectivity index (χ1n) is 8.22. The first kappa shape index (κ1) is 14.9. The zero-order valence-electron chi connectivity index (χ0n) is 13.2. The van der Waals surface area contributed by atoms with Crippen LogP contribution in [0.25, 0.3) is 6.08 Å². The zero-order valence-corrected chi connectivity index (χ0v) is 13.2. The summed E-state index contributed by atoms with van der Waals surface area (Å²) in [5.41, 5.74) is 2.77. The molecule has 0 amide bonds. The van der Waals surface area contributed by atoms with Crippen molar-refractivity contribution >= 4 is 6.08 Å². The fourth-order valence-electron chi connectivity index (χ4n) is 3.33. The number of methoxy groups -OCH3 is 1. The minimum absolute atomic E-state index is 0.724. The highest BCUT2D eigenvalue weighted by Crippen LogP contribution is 2.36. The first-order valence-corrected chi connectivity index (χ1v) is 8.22. The lowest BCUT2D eigenvalue weighted by Gasteiger charge is -2.27. The molecule has 0 saturated heterocycles. The van der Waals surface area contributed by atoms with E-state index in [1.807, 2.05) is 12.1 Å². The first-order chi connectivity index (χ1) is 10.8. The smallest absolute Gasteiger partial charge is 0.118 e. The summed E-state index contributed by atoms with van der Waals surface area (Å²) >= 11 is 0. The Bertz CT molecular complexity index is 590. The van der Waals surface area contributed by atoms with Crippen LogP contribution >= 0.6 is 0 Å². The number of hydrogen-bond acceptors (Lipinski definition) is 1. The molecular formula is C21H24O. The van der Waals surface area contributed by atoms with E-state index in [4.69, 9.17) is 4.74 Å².